The maximum Gasteiger partial charge on any atom is 0.305 e. The van der Waals surface area contributed by atoms with Gasteiger partial charge in [0, 0.05) is 6.42 Å². The topological polar surface area (TPSA) is 66.8 Å². The van der Waals surface area contributed by atoms with Gasteiger partial charge in [0.05, 0.1) is 6.61 Å². The van der Waals surface area contributed by atoms with E-state index < -0.39 is 6.10 Å². The van der Waals surface area contributed by atoms with Crippen LogP contribution in [-0.2, 0) is 9.53 Å². The molecule has 0 radical (unpaired) electrons. The smallest absolute Gasteiger partial charge is 0.305 e. The molecule has 0 saturated heterocycles. The molecule has 0 heterocycles. The van der Waals surface area contributed by atoms with Gasteiger partial charge in [-0.15, -0.1) is 0 Å². The highest BCUT2D eigenvalue weighted by atomic mass is 16.5. The number of rotatable bonds is 19. The SMILES string of the molecule is CCCCC/C=C/C/C=C/C/C=C\C/C=C/CCCCCC(=O)OCC(O)CO. The third kappa shape index (κ3) is 22.5. The van der Waals surface area contributed by atoms with Crippen LogP contribution in [0.2, 0.25) is 0 Å². The highest BCUT2D eigenvalue weighted by Crippen LogP contribution is 2.06. The van der Waals surface area contributed by atoms with Gasteiger partial charge in [0.25, 0.3) is 0 Å². The van der Waals surface area contributed by atoms with Crippen molar-refractivity contribution in [3.63, 3.8) is 0 Å². The molecule has 0 aliphatic heterocycles. The van der Waals surface area contributed by atoms with Gasteiger partial charge in [0.2, 0.25) is 0 Å². The van der Waals surface area contributed by atoms with Crippen LogP contribution in [0.25, 0.3) is 0 Å². The molecular formula is C25H42O4. The molecule has 0 fully saturated rings. The molecule has 0 aliphatic rings. The number of carbonyl (C=O) groups excluding carboxylic acids is 1. The average molecular weight is 407 g/mol. The number of unbranched alkanes of at least 4 members (excludes halogenated alkanes) is 6. The Hall–Kier alpha value is -1.65. The lowest BCUT2D eigenvalue weighted by Gasteiger charge is -2.08. The zero-order valence-corrected chi connectivity index (χ0v) is 18.3. The van der Waals surface area contributed by atoms with E-state index in [4.69, 9.17) is 14.9 Å². The Morgan fingerprint density at radius 1 is 0.793 bits per heavy atom. The molecule has 4 nitrogen and oxygen atoms in total. The van der Waals surface area contributed by atoms with Gasteiger partial charge >= 0.3 is 5.97 Å². The lowest BCUT2D eigenvalue weighted by atomic mass is 10.1. The van der Waals surface area contributed by atoms with Crippen LogP contribution in [-0.4, -0.2) is 35.5 Å². The molecule has 0 amide bonds. The van der Waals surface area contributed by atoms with Crippen LogP contribution in [0.5, 0.6) is 0 Å². The van der Waals surface area contributed by atoms with Gasteiger partial charge in [-0.2, -0.15) is 0 Å². The van der Waals surface area contributed by atoms with Gasteiger partial charge < -0.3 is 14.9 Å². The molecular weight excluding hydrogens is 364 g/mol. The third-order valence-electron chi connectivity index (χ3n) is 4.36. The Morgan fingerprint density at radius 2 is 1.31 bits per heavy atom. The van der Waals surface area contributed by atoms with Gasteiger partial charge in [0.15, 0.2) is 0 Å². The zero-order chi connectivity index (χ0) is 21.4. The number of hydrogen-bond donors (Lipinski definition) is 2. The fraction of sp³-hybridized carbons (Fsp3) is 0.640. The van der Waals surface area contributed by atoms with Crippen LogP contribution >= 0.6 is 0 Å². The van der Waals surface area contributed by atoms with E-state index in [2.05, 4.69) is 55.5 Å². The second kappa shape index (κ2) is 22.6. The highest BCUT2D eigenvalue weighted by Gasteiger charge is 2.07. The Bertz CT molecular complexity index is 477. The van der Waals surface area contributed by atoms with Crippen LogP contribution in [0, 0.1) is 0 Å². The summed E-state index contributed by atoms with van der Waals surface area (Å²) in [6.45, 7) is 1.72. The number of ether oxygens (including phenoxy) is 1. The molecule has 0 aliphatic carbocycles. The molecule has 0 aromatic carbocycles. The fourth-order valence-corrected chi connectivity index (χ4v) is 2.58. The summed E-state index contributed by atoms with van der Waals surface area (Å²) in [5.41, 5.74) is 0. The molecule has 0 bridgehead atoms. The normalized spacial score (nSPS) is 13.3. The largest absolute Gasteiger partial charge is 0.463 e. The van der Waals surface area contributed by atoms with Crippen molar-refractivity contribution >= 4 is 5.97 Å². The quantitative estimate of drug-likeness (QED) is 0.161. The van der Waals surface area contributed by atoms with E-state index in [0.717, 1.165) is 44.9 Å². The minimum Gasteiger partial charge on any atom is -0.463 e. The molecule has 1 unspecified atom stereocenters. The van der Waals surface area contributed by atoms with E-state index in [1.165, 1.54) is 25.7 Å². The molecule has 0 spiro atoms. The van der Waals surface area contributed by atoms with Crippen molar-refractivity contribution in [2.45, 2.75) is 90.1 Å². The first-order valence-electron chi connectivity index (χ1n) is 11.2. The Balaban J connectivity index is 3.44. The predicted octanol–water partition coefficient (Wildman–Crippen LogP) is 5.81. The Labute approximate surface area is 178 Å². The fourth-order valence-electron chi connectivity index (χ4n) is 2.58. The van der Waals surface area contributed by atoms with Gasteiger partial charge in [-0.3, -0.25) is 4.79 Å². The van der Waals surface area contributed by atoms with Crippen LogP contribution in [0.4, 0.5) is 0 Å². The van der Waals surface area contributed by atoms with Crippen molar-refractivity contribution in [1.82, 2.24) is 0 Å². The standard InChI is InChI=1S/C25H42O4/c1-2-3-4-5-6-7-8-9-10-11-12-13-14-15-16-17-18-19-20-21-25(28)29-23-24(27)22-26/h6-7,9-10,12-13,15-16,24,26-27H,2-5,8,11,14,17-23H2,1H3/b7-6+,10-9+,13-12-,16-15+. The molecule has 29 heavy (non-hydrogen) atoms. The van der Waals surface area contributed by atoms with Crippen molar-refractivity contribution in [3.05, 3.63) is 48.6 Å². The van der Waals surface area contributed by atoms with Gasteiger partial charge in [-0.1, -0.05) is 74.8 Å². The van der Waals surface area contributed by atoms with Crippen LogP contribution < -0.4 is 0 Å². The number of hydrogen-bond acceptors (Lipinski definition) is 4. The van der Waals surface area contributed by atoms with E-state index in [0.29, 0.717) is 6.42 Å². The number of allylic oxidation sites excluding steroid dienone is 8. The molecule has 0 rings (SSSR count). The number of esters is 1. The summed E-state index contributed by atoms with van der Waals surface area (Å²) in [5.74, 6) is -0.310. The van der Waals surface area contributed by atoms with E-state index in [1.54, 1.807) is 0 Å². The summed E-state index contributed by atoms with van der Waals surface area (Å²) >= 11 is 0. The van der Waals surface area contributed by atoms with Crippen molar-refractivity contribution in [2.24, 2.45) is 0 Å². The van der Waals surface area contributed by atoms with Crippen molar-refractivity contribution < 1.29 is 19.7 Å². The zero-order valence-electron chi connectivity index (χ0n) is 18.3. The van der Waals surface area contributed by atoms with Crippen molar-refractivity contribution in [2.75, 3.05) is 13.2 Å². The maximum absolute atomic E-state index is 11.4. The third-order valence-corrected chi connectivity index (χ3v) is 4.36. The number of aliphatic hydroxyl groups is 2. The predicted molar refractivity (Wildman–Crippen MR) is 122 cm³/mol. The molecule has 0 aromatic heterocycles. The van der Waals surface area contributed by atoms with E-state index in [9.17, 15) is 4.79 Å². The molecule has 0 saturated carbocycles. The average Bonchev–Trinajstić information content (AvgIpc) is 2.73. The van der Waals surface area contributed by atoms with Gasteiger partial charge in [0.1, 0.15) is 12.7 Å². The van der Waals surface area contributed by atoms with E-state index >= 15 is 0 Å². The van der Waals surface area contributed by atoms with Gasteiger partial charge in [-0.25, -0.2) is 0 Å². The molecule has 1 atom stereocenters. The first kappa shape index (κ1) is 27.4. The van der Waals surface area contributed by atoms with Crippen molar-refractivity contribution in [1.29, 1.82) is 0 Å². The Morgan fingerprint density at radius 3 is 1.83 bits per heavy atom. The lowest BCUT2D eigenvalue weighted by Crippen LogP contribution is -2.21. The van der Waals surface area contributed by atoms with E-state index in [-0.39, 0.29) is 19.2 Å². The van der Waals surface area contributed by atoms with Crippen LogP contribution in [0.1, 0.15) is 84.0 Å². The number of carbonyl (C=O) groups is 1. The minimum absolute atomic E-state index is 0.127. The second-order valence-electron chi connectivity index (χ2n) is 7.21. The summed E-state index contributed by atoms with van der Waals surface area (Å²) in [6, 6.07) is 0. The van der Waals surface area contributed by atoms with Crippen molar-refractivity contribution in [3.8, 4) is 0 Å². The summed E-state index contributed by atoms with van der Waals surface area (Å²) in [6.07, 6.45) is 29.1. The molecule has 4 heteroatoms. The summed E-state index contributed by atoms with van der Waals surface area (Å²) in [7, 11) is 0. The molecule has 0 aromatic rings. The first-order valence-corrected chi connectivity index (χ1v) is 11.2. The maximum atomic E-state index is 11.4. The minimum atomic E-state index is -0.976. The van der Waals surface area contributed by atoms with E-state index in [1.807, 2.05) is 0 Å². The monoisotopic (exact) mass is 406 g/mol. The molecule has 2 N–H and O–H groups in total. The summed E-state index contributed by atoms with van der Waals surface area (Å²) < 4.78 is 4.85. The summed E-state index contributed by atoms with van der Waals surface area (Å²) in [5, 5.41) is 17.7. The van der Waals surface area contributed by atoms with Crippen LogP contribution in [0.15, 0.2) is 48.6 Å². The lowest BCUT2D eigenvalue weighted by molar-refractivity contribution is -0.147. The van der Waals surface area contributed by atoms with Gasteiger partial charge in [-0.05, 0) is 51.4 Å². The second-order valence-corrected chi connectivity index (χ2v) is 7.21. The molecule has 166 valence electrons. The highest BCUT2D eigenvalue weighted by molar-refractivity contribution is 5.69. The first-order chi connectivity index (χ1) is 14.2. The van der Waals surface area contributed by atoms with Crippen LogP contribution in [0.3, 0.4) is 0 Å². The number of aliphatic hydroxyl groups excluding tert-OH is 2. The summed E-state index contributed by atoms with van der Waals surface area (Å²) in [4.78, 5) is 11.4. The Kier molecular flexibility index (Phi) is 21.3.